The van der Waals surface area contributed by atoms with Crippen molar-refractivity contribution in [3.63, 3.8) is 0 Å². The molecule has 4 aromatic heterocycles. The molecular weight excluding hydrogens is 705 g/mol. The van der Waals surface area contributed by atoms with Crippen LogP contribution in [0.5, 0.6) is 0 Å². The number of nitrogens with one attached hydrogen (secondary N) is 2. The Bertz CT molecular complexity index is 3980. The molecule has 272 valence electrons. The van der Waals surface area contributed by atoms with Crippen molar-refractivity contribution < 1.29 is 0 Å². The molecule has 0 saturated heterocycles. The predicted octanol–water partition coefficient (Wildman–Crippen LogP) is 14.3. The highest BCUT2D eigenvalue weighted by Gasteiger charge is 2.25. The Kier molecular flexibility index (Phi) is 5.61. The van der Waals surface area contributed by atoms with Gasteiger partial charge in [0.25, 0.3) is 0 Å². The molecule has 2 N–H and O–H groups in total. The molecule has 0 unspecified atom stereocenters. The van der Waals surface area contributed by atoms with Crippen LogP contribution >= 0.6 is 0 Å². The fraction of sp³-hybridized carbons (Fsp3) is 0.111. The number of hydrogen-bond donors (Lipinski definition) is 2. The van der Waals surface area contributed by atoms with Crippen molar-refractivity contribution in [2.45, 2.75) is 40.5 Å². The van der Waals surface area contributed by atoms with Gasteiger partial charge in [-0.3, -0.25) is 0 Å². The number of fused-ring (bicyclic) bond motifs is 17. The lowest BCUT2D eigenvalue weighted by Gasteiger charge is -2.08. The Balaban J connectivity index is 1.26. The zero-order chi connectivity index (χ0) is 38.3. The van der Waals surface area contributed by atoms with Gasteiger partial charge in [0.15, 0.2) is 0 Å². The highest BCUT2D eigenvalue weighted by atomic mass is 14.8. The van der Waals surface area contributed by atoms with E-state index in [0.29, 0.717) is 0 Å². The summed E-state index contributed by atoms with van der Waals surface area (Å²) in [6.45, 7) is 9.05. The van der Waals surface area contributed by atoms with Gasteiger partial charge in [0, 0.05) is 43.3 Å². The number of aromatic amines is 2. The van der Waals surface area contributed by atoms with Crippen LogP contribution in [0, 0.1) is 24.3 Å². The molecule has 0 radical (unpaired) electrons. The Hall–Kier alpha value is -7.04. The SMILES string of the molecule is CCc1c(C)c2cc3nc(cc4[nH]c(cc5nc(cc1[nH]2)c1c2ccc6ccc7ccc8ccc(c51)c1c8c7c6c21)c(CC)c4C)c1c2cccc4cccc(c3=1)c42. The van der Waals surface area contributed by atoms with E-state index in [9.17, 15) is 0 Å². The molecule has 2 aliphatic rings. The lowest BCUT2D eigenvalue weighted by atomic mass is 9.94. The van der Waals surface area contributed by atoms with Crippen LogP contribution in [-0.2, 0) is 12.8 Å². The number of nitrogens with zero attached hydrogens (tertiary/aromatic N) is 2. The van der Waals surface area contributed by atoms with Gasteiger partial charge < -0.3 is 9.97 Å². The van der Waals surface area contributed by atoms with Crippen LogP contribution in [0.3, 0.4) is 0 Å². The van der Waals surface area contributed by atoms with Crippen molar-refractivity contribution >= 4 is 130 Å². The summed E-state index contributed by atoms with van der Waals surface area (Å²) in [6, 6.07) is 41.2. The van der Waals surface area contributed by atoms with Gasteiger partial charge in [-0.05, 0) is 149 Å². The zero-order valence-corrected chi connectivity index (χ0v) is 32.7. The molecule has 0 spiro atoms. The number of rotatable bonds is 2. The molecular formula is C54H36N4. The van der Waals surface area contributed by atoms with Crippen LogP contribution in [-0.4, -0.2) is 19.9 Å². The van der Waals surface area contributed by atoms with Crippen molar-refractivity contribution in [1.82, 2.24) is 19.9 Å². The number of aryl methyl sites for hydroxylation is 4. The van der Waals surface area contributed by atoms with E-state index < -0.39 is 0 Å². The fourth-order valence-electron chi connectivity index (χ4n) is 11.6. The minimum absolute atomic E-state index is 0.902. The number of benzene rings is 7. The van der Waals surface area contributed by atoms with E-state index in [-0.39, 0.29) is 0 Å². The third-order valence-electron chi connectivity index (χ3n) is 14.1. The number of hydrogen-bond acceptors (Lipinski definition) is 2. The smallest absolute Gasteiger partial charge is 0.0743 e. The topological polar surface area (TPSA) is 57.4 Å². The quantitative estimate of drug-likeness (QED) is 0.173. The second kappa shape index (κ2) is 10.5. The van der Waals surface area contributed by atoms with Gasteiger partial charge in [0.1, 0.15) is 0 Å². The number of H-pyrrole nitrogens is 2. The van der Waals surface area contributed by atoms with E-state index in [1.165, 1.54) is 119 Å². The molecule has 5 heterocycles. The summed E-state index contributed by atoms with van der Waals surface area (Å²) in [5.74, 6) is 0. The van der Waals surface area contributed by atoms with Gasteiger partial charge in [-0.2, -0.15) is 0 Å². The highest BCUT2D eigenvalue weighted by molar-refractivity contribution is 6.50. The van der Waals surface area contributed by atoms with Crippen LogP contribution in [0.15, 0.2) is 109 Å². The van der Waals surface area contributed by atoms with Gasteiger partial charge >= 0.3 is 0 Å². The molecule has 1 aliphatic heterocycles. The summed E-state index contributed by atoms with van der Waals surface area (Å²) in [5.41, 5.74) is 13.6. The molecule has 0 fully saturated rings. The zero-order valence-electron chi connectivity index (χ0n) is 32.7. The van der Waals surface area contributed by atoms with Crippen LogP contribution < -0.4 is 0 Å². The van der Waals surface area contributed by atoms with Gasteiger partial charge in [-0.25, -0.2) is 9.97 Å². The summed E-state index contributed by atoms with van der Waals surface area (Å²) < 4.78 is 0. The maximum atomic E-state index is 5.66. The average molecular weight is 741 g/mol. The average Bonchev–Trinajstić information content (AvgIpc) is 4.07. The lowest BCUT2D eigenvalue weighted by Crippen LogP contribution is -1.81. The summed E-state index contributed by atoms with van der Waals surface area (Å²) >= 11 is 0. The van der Waals surface area contributed by atoms with Crippen molar-refractivity contribution in [1.29, 1.82) is 0 Å². The van der Waals surface area contributed by atoms with Gasteiger partial charge in [0.05, 0.1) is 22.1 Å². The second-order valence-electron chi connectivity index (χ2n) is 16.8. The third kappa shape index (κ3) is 3.60. The molecule has 8 bridgehead atoms. The second-order valence-corrected chi connectivity index (χ2v) is 16.8. The Morgan fingerprint density at radius 1 is 0.379 bits per heavy atom. The maximum absolute atomic E-state index is 5.66. The summed E-state index contributed by atoms with van der Waals surface area (Å²) in [4.78, 5) is 19.0. The van der Waals surface area contributed by atoms with Gasteiger partial charge in [-0.15, -0.1) is 0 Å². The standard InChI is InChI=1S/C54H36N4/c1-5-31-25(3)37-21-41-49-33-11-7-9-27-10-8-12-34(45(27)33)50(49)42(57-41)22-38-26(4)32(6-2)40(56-38)24-44-52-36-20-18-30-16-14-28-13-15-29-17-19-35(51(52)43(58-44)23-39(31)55-37)53-47(29)46(28)48(30)54(36)53/h7-24,55-56H,5-6H2,1-4H3. The monoisotopic (exact) mass is 740 g/mol. The highest BCUT2D eigenvalue weighted by Crippen LogP contribution is 2.52. The van der Waals surface area contributed by atoms with Crippen molar-refractivity contribution in [2.24, 2.45) is 0 Å². The largest absolute Gasteiger partial charge is 0.355 e. The molecule has 14 rings (SSSR count). The predicted molar refractivity (Wildman–Crippen MR) is 247 cm³/mol. The van der Waals surface area contributed by atoms with Crippen LogP contribution in [0.25, 0.3) is 130 Å². The summed E-state index contributed by atoms with van der Waals surface area (Å²) in [7, 11) is 0. The minimum atomic E-state index is 0.902. The minimum Gasteiger partial charge on any atom is -0.355 e. The van der Waals surface area contributed by atoms with E-state index >= 15 is 0 Å². The Morgan fingerprint density at radius 3 is 1.24 bits per heavy atom. The van der Waals surface area contributed by atoms with Crippen molar-refractivity contribution in [3.8, 4) is 0 Å². The molecule has 58 heavy (non-hydrogen) atoms. The van der Waals surface area contributed by atoms with Crippen molar-refractivity contribution in [2.75, 3.05) is 0 Å². The first-order valence-electron chi connectivity index (χ1n) is 20.7. The molecule has 12 aromatic rings. The van der Waals surface area contributed by atoms with Crippen LogP contribution in [0.4, 0.5) is 0 Å². The normalized spacial score (nSPS) is 13.0. The lowest BCUT2D eigenvalue weighted by molar-refractivity contribution is 1.14. The van der Waals surface area contributed by atoms with Gasteiger partial charge in [0.2, 0.25) is 0 Å². The van der Waals surface area contributed by atoms with E-state index in [0.717, 1.165) is 57.0 Å². The van der Waals surface area contributed by atoms with Gasteiger partial charge in [-0.1, -0.05) is 98.8 Å². The first-order valence-corrected chi connectivity index (χ1v) is 20.7. The Labute approximate surface area is 331 Å². The van der Waals surface area contributed by atoms with Crippen molar-refractivity contribution in [3.05, 3.63) is 142 Å². The van der Waals surface area contributed by atoms with Crippen LogP contribution in [0.1, 0.15) is 36.1 Å². The maximum Gasteiger partial charge on any atom is 0.0743 e. The summed E-state index contributed by atoms with van der Waals surface area (Å²) in [6.07, 6.45) is 1.80. The molecule has 0 atom stereocenters. The van der Waals surface area contributed by atoms with E-state index in [1.54, 1.807) is 0 Å². The van der Waals surface area contributed by atoms with E-state index in [1.807, 2.05) is 0 Å². The molecule has 4 nitrogen and oxygen atoms in total. The molecule has 0 saturated carbocycles. The van der Waals surface area contributed by atoms with E-state index in [2.05, 4.69) is 147 Å². The molecule has 0 amide bonds. The van der Waals surface area contributed by atoms with E-state index in [4.69, 9.17) is 9.97 Å². The van der Waals surface area contributed by atoms with Crippen LogP contribution in [0.2, 0.25) is 0 Å². The first-order chi connectivity index (χ1) is 28.5. The third-order valence-corrected chi connectivity index (χ3v) is 14.1. The Morgan fingerprint density at radius 2 is 0.776 bits per heavy atom. The molecule has 1 aliphatic carbocycles. The number of aromatic nitrogens is 4. The summed E-state index contributed by atoms with van der Waals surface area (Å²) in [5, 5.41) is 23.4. The fourth-order valence-corrected chi connectivity index (χ4v) is 11.6. The molecule has 4 heteroatoms. The first kappa shape index (κ1) is 31.1. The molecule has 8 aromatic carbocycles.